The average molecular weight is 498 g/mol. The SMILES string of the molecule is CCCCC1(CCCC)CSc2cc(OC)c(Br)cc2N(c2ccc(F)c(F)c2)C1. The minimum absolute atomic E-state index is 0.111. The third-order valence-electron chi connectivity index (χ3n) is 5.89. The van der Waals surface area contributed by atoms with Crippen LogP contribution in [0.1, 0.15) is 52.4 Å². The van der Waals surface area contributed by atoms with E-state index in [1.54, 1.807) is 13.2 Å². The maximum absolute atomic E-state index is 14.2. The van der Waals surface area contributed by atoms with Crippen molar-refractivity contribution in [3.05, 3.63) is 46.4 Å². The van der Waals surface area contributed by atoms with E-state index in [0.29, 0.717) is 5.69 Å². The maximum atomic E-state index is 14.2. The normalized spacial score (nSPS) is 15.6. The van der Waals surface area contributed by atoms with Crippen molar-refractivity contribution in [2.75, 3.05) is 24.3 Å². The number of rotatable bonds is 8. The van der Waals surface area contributed by atoms with Crippen LogP contribution in [0.4, 0.5) is 20.2 Å². The lowest BCUT2D eigenvalue weighted by Gasteiger charge is -2.37. The molecule has 0 amide bonds. The van der Waals surface area contributed by atoms with Crippen molar-refractivity contribution in [1.29, 1.82) is 0 Å². The molecule has 1 heterocycles. The number of thioether (sulfide) groups is 1. The Balaban J connectivity index is 2.12. The molecule has 1 aliphatic rings. The molecule has 164 valence electrons. The highest BCUT2D eigenvalue weighted by Crippen LogP contribution is 2.49. The average Bonchev–Trinajstić information content (AvgIpc) is 2.90. The number of unbranched alkanes of at least 4 members (excludes halogenated alkanes) is 2. The van der Waals surface area contributed by atoms with E-state index in [1.165, 1.54) is 25.0 Å². The van der Waals surface area contributed by atoms with Gasteiger partial charge in [-0.25, -0.2) is 8.78 Å². The Morgan fingerprint density at radius 3 is 2.37 bits per heavy atom. The molecule has 2 aromatic carbocycles. The molecule has 0 aliphatic carbocycles. The van der Waals surface area contributed by atoms with Gasteiger partial charge in [0.1, 0.15) is 5.75 Å². The second-order valence-corrected chi connectivity index (χ2v) is 10.0. The quantitative estimate of drug-likeness (QED) is 0.363. The van der Waals surface area contributed by atoms with Crippen molar-refractivity contribution in [1.82, 2.24) is 0 Å². The molecule has 0 fully saturated rings. The molecule has 0 spiro atoms. The molecule has 30 heavy (non-hydrogen) atoms. The van der Waals surface area contributed by atoms with E-state index in [1.807, 2.05) is 23.9 Å². The second kappa shape index (κ2) is 10.4. The van der Waals surface area contributed by atoms with E-state index >= 15 is 0 Å². The van der Waals surface area contributed by atoms with Crippen molar-refractivity contribution >= 4 is 39.1 Å². The molecule has 0 saturated heterocycles. The van der Waals surface area contributed by atoms with E-state index in [0.717, 1.165) is 58.8 Å². The van der Waals surface area contributed by atoms with E-state index in [2.05, 4.69) is 34.7 Å². The Morgan fingerprint density at radius 2 is 1.77 bits per heavy atom. The Kier molecular flexibility index (Phi) is 8.08. The standard InChI is InChI=1S/C24H30BrF2NOS/c1-4-6-10-24(11-7-5-2)15-28(17-8-9-19(26)20(27)12-17)21-13-18(25)22(29-3)14-23(21)30-16-24/h8-9,12-14H,4-7,10-11,15-16H2,1-3H3. The zero-order chi connectivity index (χ0) is 21.7. The minimum Gasteiger partial charge on any atom is -0.496 e. The van der Waals surface area contributed by atoms with Gasteiger partial charge in [0.15, 0.2) is 11.6 Å². The zero-order valence-electron chi connectivity index (χ0n) is 17.9. The summed E-state index contributed by atoms with van der Waals surface area (Å²) >= 11 is 5.46. The summed E-state index contributed by atoms with van der Waals surface area (Å²) in [5.41, 5.74) is 1.81. The molecule has 0 aromatic heterocycles. The molecule has 0 saturated carbocycles. The highest BCUT2D eigenvalue weighted by molar-refractivity contribution is 9.10. The van der Waals surface area contributed by atoms with E-state index in [4.69, 9.17) is 4.74 Å². The number of halogens is 3. The molecule has 2 nitrogen and oxygen atoms in total. The highest BCUT2D eigenvalue weighted by Gasteiger charge is 2.36. The topological polar surface area (TPSA) is 12.5 Å². The van der Waals surface area contributed by atoms with Gasteiger partial charge in [0.05, 0.1) is 17.3 Å². The van der Waals surface area contributed by atoms with Gasteiger partial charge in [-0.05, 0) is 58.5 Å². The fraction of sp³-hybridized carbons (Fsp3) is 0.500. The molecule has 6 heteroatoms. The smallest absolute Gasteiger partial charge is 0.160 e. The maximum Gasteiger partial charge on any atom is 0.160 e. The summed E-state index contributed by atoms with van der Waals surface area (Å²) < 4.78 is 34.2. The van der Waals surface area contributed by atoms with Crippen LogP contribution < -0.4 is 9.64 Å². The number of anilines is 2. The Morgan fingerprint density at radius 1 is 1.07 bits per heavy atom. The summed E-state index contributed by atoms with van der Waals surface area (Å²) in [6, 6.07) is 8.31. The molecule has 0 radical (unpaired) electrons. The first-order valence-corrected chi connectivity index (χ1v) is 12.4. The largest absolute Gasteiger partial charge is 0.496 e. The van der Waals surface area contributed by atoms with Gasteiger partial charge in [-0.2, -0.15) is 0 Å². The lowest BCUT2D eigenvalue weighted by molar-refractivity contribution is 0.274. The summed E-state index contributed by atoms with van der Waals surface area (Å²) in [5, 5.41) is 0. The van der Waals surface area contributed by atoms with Crippen molar-refractivity contribution in [3.63, 3.8) is 0 Å². The first-order chi connectivity index (χ1) is 14.4. The van der Waals surface area contributed by atoms with Crippen LogP contribution >= 0.6 is 27.7 Å². The molecule has 3 rings (SSSR count). The number of ether oxygens (including phenoxy) is 1. The summed E-state index contributed by atoms with van der Waals surface area (Å²) in [4.78, 5) is 3.28. The fourth-order valence-corrected chi connectivity index (χ4v) is 5.96. The first kappa shape index (κ1) is 23.4. The van der Waals surface area contributed by atoms with E-state index in [9.17, 15) is 8.78 Å². The van der Waals surface area contributed by atoms with Crippen molar-refractivity contribution < 1.29 is 13.5 Å². The summed E-state index contributed by atoms with van der Waals surface area (Å²) in [5.74, 6) is 0.153. The Hall–Kier alpha value is -1.27. The summed E-state index contributed by atoms with van der Waals surface area (Å²) in [7, 11) is 1.66. The van der Waals surface area contributed by atoms with Crippen LogP contribution in [-0.2, 0) is 0 Å². The molecular formula is C24H30BrF2NOS. The first-order valence-electron chi connectivity index (χ1n) is 10.7. The molecular weight excluding hydrogens is 468 g/mol. The van der Waals surface area contributed by atoms with Gasteiger partial charge in [-0.3, -0.25) is 0 Å². The number of hydrogen-bond donors (Lipinski definition) is 0. The van der Waals surface area contributed by atoms with Gasteiger partial charge >= 0.3 is 0 Å². The second-order valence-electron chi connectivity index (χ2n) is 8.13. The van der Waals surface area contributed by atoms with Gasteiger partial charge in [-0.1, -0.05) is 39.5 Å². The fourth-order valence-electron chi connectivity index (χ4n) is 4.12. The number of methoxy groups -OCH3 is 1. The predicted octanol–water partition coefficient (Wildman–Crippen LogP) is 8.35. The summed E-state index contributed by atoms with van der Waals surface area (Å²) in [6.07, 6.45) is 6.89. The summed E-state index contributed by atoms with van der Waals surface area (Å²) in [6.45, 7) is 5.24. The number of hydrogen-bond acceptors (Lipinski definition) is 3. The van der Waals surface area contributed by atoms with Crippen LogP contribution in [0.15, 0.2) is 39.7 Å². The number of nitrogens with zero attached hydrogens (tertiary/aromatic N) is 1. The van der Waals surface area contributed by atoms with Gasteiger partial charge in [0.2, 0.25) is 0 Å². The molecule has 0 bridgehead atoms. The van der Waals surface area contributed by atoms with Crippen molar-refractivity contribution in [3.8, 4) is 5.75 Å². The van der Waals surface area contributed by atoms with Crippen molar-refractivity contribution in [2.24, 2.45) is 5.41 Å². The molecule has 0 atom stereocenters. The number of fused-ring (bicyclic) bond motifs is 1. The zero-order valence-corrected chi connectivity index (χ0v) is 20.3. The van der Waals surface area contributed by atoms with Gasteiger partial charge in [-0.15, -0.1) is 11.8 Å². The van der Waals surface area contributed by atoms with Crippen LogP contribution in [-0.4, -0.2) is 19.4 Å². The third-order valence-corrected chi connectivity index (χ3v) is 7.90. The van der Waals surface area contributed by atoms with Crippen LogP contribution in [0.5, 0.6) is 5.75 Å². The van der Waals surface area contributed by atoms with E-state index < -0.39 is 11.6 Å². The van der Waals surface area contributed by atoms with Crippen LogP contribution in [0.2, 0.25) is 0 Å². The molecule has 0 unspecified atom stereocenters. The molecule has 1 aliphatic heterocycles. The molecule has 0 N–H and O–H groups in total. The highest BCUT2D eigenvalue weighted by atomic mass is 79.9. The minimum atomic E-state index is -0.817. The van der Waals surface area contributed by atoms with Gasteiger partial charge in [0, 0.05) is 28.9 Å². The van der Waals surface area contributed by atoms with Gasteiger partial charge in [0.25, 0.3) is 0 Å². The Labute approximate surface area is 191 Å². The monoisotopic (exact) mass is 497 g/mol. The predicted molar refractivity (Wildman–Crippen MR) is 126 cm³/mol. The van der Waals surface area contributed by atoms with Gasteiger partial charge < -0.3 is 9.64 Å². The lowest BCUT2D eigenvalue weighted by Crippen LogP contribution is -2.36. The van der Waals surface area contributed by atoms with Crippen LogP contribution in [0.3, 0.4) is 0 Å². The number of benzene rings is 2. The van der Waals surface area contributed by atoms with Crippen molar-refractivity contribution in [2.45, 2.75) is 57.3 Å². The van der Waals surface area contributed by atoms with Crippen LogP contribution in [0, 0.1) is 17.0 Å². The Bertz CT molecular complexity index is 869. The van der Waals surface area contributed by atoms with E-state index in [-0.39, 0.29) is 5.41 Å². The molecule has 2 aromatic rings. The van der Waals surface area contributed by atoms with Crippen LogP contribution in [0.25, 0.3) is 0 Å². The third kappa shape index (κ3) is 5.13. The lowest BCUT2D eigenvalue weighted by atomic mass is 9.79.